The van der Waals surface area contributed by atoms with E-state index in [1.54, 1.807) is 6.07 Å². The van der Waals surface area contributed by atoms with E-state index in [4.69, 9.17) is 0 Å². The Morgan fingerprint density at radius 3 is 2.26 bits per heavy atom. The molecule has 1 heterocycles. The topological polar surface area (TPSA) is 54.0 Å². The number of rotatable bonds is 5. The molecule has 0 aliphatic rings. The molecule has 1 aromatic heterocycles. The summed E-state index contributed by atoms with van der Waals surface area (Å²) >= 11 is 0. The van der Waals surface area contributed by atoms with E-state index in [0.717, 1.165) is 11.5 Å². The molecular weight excluding hydrogens is 238 g/mol. The number of carbonyl (C=O) groups is 1. The number of nitrogens with one attached hydrogen (secondary N) is 2. The molecule has 19 heavy (non-hydrogen) atoms. The van der Waals surface area contributed by atoms with Crippen LogP contribution in [0.25, 0.3) is 0 Å². The van der Waals surface area contributed by atoms with Crippen LogP contribution in [0.2, 0.25) is 0 Å². The van der Waals surface area contributed by atoms with Crippen LogP contribution in [0.4, 0.5) is 5.82 Å². The van der Waals surface area contributed by atoms with Gasteiger partial charge in [-0.2, -0.15) is 0 Å². The summed E-state index contributed by atoms with van der Waals surface area (Å²) < 4.78 is 0. The lowest BCUT2D eigenvalue weighted by Crippen LogP contribution is -2.36. The van der Waals surface area contributed by atoms with Gasteiger partial charge in [0.2, 0.25) is 0 Å². The summed E-state index contributed by atoms with van der Waals surface area (Å²) in [7, 11) is 1.81. The SMILES string of the molecule is CNc1cc(C(=O)NC(C)C(C)C)cc(C(C)C)n1. The van der Waals surface area contributed by atoms with E-state index in [0.29, 0.717) is 17.4 Å². The zero-order chi connectivity index (χ0) is 14.6. The fraction of sp³-hybridized carbons (Fsp3) is 0.600. The van der Waals surface area contributed by atoms with Gasteiger partial charge in [0.05, 0.1) is 0 Å². The molecule has 1 aromatic rings. The first kappa shape index (κ1) is 15.5. The first-order valence-corrected chi connectivity index (χ1v) is 6.85. The molecule has 0 aliphatic heterocycles. The first-order valence-electron chi connectivity index (χ1n) is 6.85. The Morgan fingerprint density at radius 2 is 1.79 bits per heavy atom. The second-order valence-electron chi connectivity index (χ2n) is 5.58. The molecule has 1 atom stereocenters. The van der Waals surface area contributed by atoms with E-state index in [2.05, 4.69) is 43.3 Å². The number of hydrogen-bond donors (Lipinski definition) is 2. The minimum Gasteiger partial charge on any atom is -0.373 e. The maximum absolute atomic E-state index is 12.2. The average molecular weight is 263 g/mol. The van der Waals surface area contributed by atoms with Crippen LogP contribution in [0.3, 0.4) is 0 Å². The Bertz CT molecular complexity index is 441. The van der Waals surface area contributed by atoms with Gasteiger partial charge in [-0.3, -0.25) is 4.79 Å². The van der Waals surface area contributed by atoms with Crippen molar-refractivity contribution in [3.05, 3.63) is 23.4 Å². The average Bonchev–Trinajstić information content (AvgIpc) is 2.37. The fourth-order valence-electron chi connectivity index (χ4n) is 1.56. The molecule has 0 spiro atoms. The number of hydrogen-bond acceptors (Lipinski definition) is 3. The Labute approximate surface area is 116 Å². The van der Waals surface area contributed by atoms with Gasteiger partial charge in [-0.05, 0) is 30.9 Å². The van der Waals surface area contributed by atoms with Crippen molar-refractivity contribution in [1.29, 1.82) is 0 Å². The molecule has 1 rings (SSSR count). The molecule has 1 amide bonds. The van der Waals surface area contributed by atoms with Gasteiger partial charge in [-0.15, -0.1) is 0 Å². The van der Waals surface area contributed by atoms with Gasteiger partial charge in [0.25, 0.3) is 5.91 Å². The van der Waals surface area contributed by atoms with Crippen LogP contribution >= 0.6 is 0 Å². The van der Waals surface area contributed by atoms with E-state index in [1.807, 2.05) is 20.0 Å². The highest BCUT2D eigenvalue weighted by Gasteiger charge is 2.15. The summed E-state index contributed by atoms with van der Waals surface area (Å²) in [6, 6.07) is 3.81. The van der Waals surface area contributed by atoms with Gasteiger partial charge in [0.1, 0.15) is 5.82 Å². The van der Waals surface area contributed by atoms with Crippen molar-refractivity contribution in [3.8, 4) is 0 Å². The molecule has 1 unspecified atom stereocenters. The second kappa shape index (κ2) is 6.55. The van der Waals surface area contributed by atoms with Crippen molar-refractivity contribution in [1.82, 2.24) is 10.3 Å². The summed E-state index contributed by atoms with van der Waals surface area (Å²) in [5.41, 5.74) is 1.59. The van der Waals surface area contributed by atoms with Gasteiger partial charge >= 0.3 is 0 Å². The van der Waals surface area contributed by atoms with E-state index in [-0.39, 0.29) is 11.9 Å². The molecular formula is C15H25N3O. The number of aromatic nitrogens is 1. The number of carbonyl (C=O) groups excluding carboxylic acids is 1. The van der Waals surface area contributed by atoms with Crippen molar-refractivity contribution < 1.29 is 4.79 Å². The third-order valence-electron chi connectivity index (χ3n) is 3.31. The molecule has 0 aromatic carbocycles. The van der Waals surface area contributed by atoms with Crippen molar-refractivity contribution in [3.63, 3.8) is 0 Å². The lowest BCUT2D eigenvalue weighted by atomic mass is 10.0. The van der Waals surface area contributed by atoms with Gasteiger partial charge in [0, 0.05) is 24.3 Å². The number of amides is 1. The van der Waals surface area contributed by atoms with E-state index in [9.17, 15) is 4.79 Å². The maximum Gasteiger partial charge on any atom is 0.251 e. The van der Waals surface area contributed by atoms with Crippen molar-refractivity contribution in [2.24, 2.45) is 5.92 Å². The maximum atomic E-state index is 12.2. The van der Waals surface area contributed by atoms with Crippen LogP contribution in [0.5, 0.6) is 0 Å². The highest BCUT2D eigenvalue weighted by atomic mass is 16.1. The molecule has 0 saturated carbocycles. The van der Waals surface area contributed by atoms with Crippen LogP contribution in [0.15, 0.2) is 12.1 Å². The monoisotopic (exact) mass is 263 g/mol. The molecule has 0 bridgehead atoms. The normalized spacial score (nSPS) is 12.6. The number of anilines is 1. The van der Waals surface area contributed by atoms with E-state index < -0.39 is 0 Å². The van der Waals surface area contributed by atoms with Gasteiger partial charge < -0.3 is 10.6 Å². The Morgan fingerprint density at radius 1 is 1.16 bits per heavy atom. The zero-order valence-corrected chi connectivity index (χ0v) is 12.7. The lowest BCUT2D eigenvalue weighted by molar-refractivity contribution is 0.0930. The highest BCUT2D eigenvalue weighted by Crippen LogP contribution is 2.17. The second-order valence-corrected chi connectivity index (χ2v) is 5.58. The van der Waals surface area contributed by atoms with Crippen LogP contribution in [-0.4, -0.2) is 24.0 Å². The summed E-state index contributed by atoms with van der Waals surface area (Å²) in [5, 5.41) is 6.02. The lowest BCUT2D eigenvalue weighted by Gasteiger charge is -2.18. The molecule has 106 valence electrons. The predicted octanol–water partition coefficient (Wildman–Crippen LogP) is 3.02. The summed E-state index contributed by atoms with van der Waals surface area (Å²) in [5.74, 6) is 1.40. The summed E-state index contributed by atoms with van der Waals surface area (Å²) in [4.78, 5) is 16.7. The van der Waals surface area contributed by atoms with E-state index >= 15 is 0 Å². The van der Waals surface area contributed by atoms with Crippen LogP contribution in [-0.2, 0) is 0 Å². The molecule has 4 heteroatoms. The molecule has 0 fully saturated rings. The van der Waals surface area contributed by atoms with Gasteiger partial charge in [-0.1, -0.05) is 27.7 Å². The molecule has 0 radical (unpaired) electrons. The largest absolute Gasteiger partial charge is 0.373 e. The molecule has 0 aliphatic carbocycles. The first-order chi connectivity index (χ1) is 8.85. The fourth-order valence-corrected chi connectivity index (χ4v) is 1.56. The Kier molecular flexibility index (Phi) is 5.33. The van der Waals surface area contributed by atoms with Crippen molar-refractivity contribution in [2.75, 3.05) is 12.4 Å². The van der Waals surface area contributed by atoms with Gasteiger partial charge in [-0.25, -0.2) is 4.98 Å². The van der Waals surface area contributed by atoms with Crippen LogP contribution in [0.1, 0.15) is 56.6 Å². The minimum absolute atomic E-state index is 0.0398. The summed E-state index contributed by atoms with van der Waals surface area (Å²) in [6.45, 7) is 10.3. The van der Waals surface area contributed by atoms with Gasteiger partial charge in [0.15, 0.2) is 0 Å². The van der Waals surface area contributed by atoms with Crippen molar-refractivity contribution in [2.45, 2.75) is 46.6 Å². The predicted molar refractivity (Wildman–Crippen MR) is 79.6 cm³/mol. The standard InChI is InChI=1S/C15H25N3O/c1-9(2)11(5)17-15(19)12-7-13(10(3)4)18-14(8-12)16-6/h7-11H,1-6H3,(H,16,18)(H,17,19). The smallest absolute Gasteiger partial charge is 0.251 e. The van der Waals surface area contributed by atoms with E-state index in [1.165, 1.54) is 0 Å². The minimum atomic E-state index is -0.0398. The Balaban J connectivity index is 2.99. The van der Waals surface area contributed by atoms with Crippen molar-refractivity contribution >= 4 is 11.7 Å². The zero-order valence-electron chi connectivity index (χ0n) is 12.7. The number of pyridine rings is 1. The third kappa shape index (κ3) is 4.23. The van der Waals surface area contributed by atoms with Crippen LogP contribution < -0.4 is 10.6 Å². The Hall–Kier alpha value is -1.58. The highest BCUT2D eigenvalue weighted by molar-refractivity contribution is 5.95. The number of nitrogens with zero attached hydrogens (tertiary/aromatic N) is 1. The van der Waals surface area contributed by atoms with Crippen LogP contribution in [0, 0.1) is 5.92 Å². The third-order valence-corrected chi connectivity index (χ3v) is 3.31. The molecule has 4 nitrogen and oxygen atoms in total. The molecule has 2 N–H and O–H groups in total. The quantitative estimate of drug-likeness (QED) is 0.858. The molecule has 0 saturated heterocycles. The summed E-state index contributed by atoms with van der Waals surface area (Å²) in [6.07, 6.45) is 0.